The Morgan fingerprint density at radius 2 is 2.29 bits per heavy atom. The molecule has 1 saturated heterocycles. The van der Waals surface area contributed by atoms with Crippen LogP contribution in [0.15, 0.2) is 24.3 Å². The van der Waals surface area contributed by atoms with Crippen LogP contribution in [0, 0.1) is 5.92 Å². The van der Waals surface area contributed by atoms with Gasteiger partial charge in [0.2, 0.25) is 6.41 Å². The quantitative estimate of drug-likeness (QED) is 0.708. The molecule has 0 saturated carbocycles. The van der Waals surface area contributed by atoms with Crippen molar-refractivity contribution in [2.45, 2.75) is 19.3 Å². The molecule has 0 aromatic rings. The predicted molar refractivity (Wildman–Crippen MR) is 67.4 cm³/mol. The lowest BCUT2D eigenvalue weighted by atomic mass is 10.0. The highest BCUT2D eigenvalue weighted by molar-refractivity contribution is 5.10. The highest BCUT2D eigenvalue weighted by Crippen LogP contribution is 2.13. The fraction of sp³-hybridized carbons (Fsp3) is 0.692. The number of aliphatic hydroxyl groups excluding tert-OH is 1. The summed E-state index contributed by atoms with van der Waals surface area (Å²) in [6, 6.07) is 0. The van der Waals surface area contributed by atoms with Gasteiger partial charge in [0.1, 0.15) is 0 Å². The fourth-order valence-corrected chi connectivity index (χ4v) is 2.16. The van der Waals surface area contributed by atoms with E-state index in [1.54, 1.807) is 0 Å². The smallest absolute Gasteiger partial charge is 0.216 e. The van der Waals surface area contributed by atoms with E-state index >= 15 is 0 Å². The monoisotopic (exact) mass is 238 g/mol. The van der Waals surface area contributed by atoms with Gasteiger partial charge in [0.25, 0.3) is 0 Å². The summed E-state index contributed by atoms with van der Waals surface area (Å²) in [6.07, 6.45) is 9.67. The number of allylic oxidation sites excluding steroid dienone is 3. The summed E-state index contributed by atoms with van der Waals surface area (Å²) >= 11 is 0. The molecule has 2 N–H and O–H groups in total. The van der Waals surface area contributed by atoms with Gasteiger partial charge in [-0.25, -0.2) is 0 Å². The Morgan fingerprint density at radius 1 is 1.35 bits per heavy atom. The van der Waals surface area contributed by atoms with Gasteiger partial charge < -0.3 is 15.2 Å². The highest BCUT2D eigenvalue weighted by Gasteiger charge is 2.18. The summed E-state index contributed by atoms with van der Waals surface area (Å²) in [5.74, 6) is 0.403. The molecule has 0 radical (unpaired) electrons. The number of aliphatic hydroxyl groups is 1. The molecular formula is C13H22N2O2. The number of nitrogens with one attached hydrogen (secondary N) is 1. The average Bonchev–Trinajstić information content (AvgIpc) is 2.66. The molecule has 1 fully saturated rings. The van der Waals surface area contributed by atoms with Crippen molar-refractivity contribution in [3.05, 3.63) is 24.3 Å². The van der Waals surface area contributed by atoms with Crippen LogP contribution in [0.1, 0.15) is 12.8 Å². The van der Waals surface area contributed by atoms with Gasteiger partial charge in [-0.1, -0.05) is 24.3 Å². The lowest BCUT2D eigenvalue weighted by molar-refractivity contribution is -0.195. The molecule has 2 rings (SSSR count). The molecule has 4 heteroatoms. The van der Waals surface area contributed by atoms with Crippen molar-refractivity contribution in [3.63, 3.8) is 0 Å². The maximum Gasteiger partial charge on any atom is 0.216 e. The van der Waals surface area contributed by atoms with E-state index in [9.17, 15) is 5.11 Å². The Morgan fingerprint density at radius 3 is 3.12 bits per heavy atom. The normalized spacial score (nSPS) is 27.9. The summed E-state index contributed by atoms with van der Waals surface area (Å²) in [5.41, 5.74) is 0. The van der Waals surface area contributed by atoms with Crippen LogP contribution in [0.4, 0.5) is 0 Å². The maximum atomic E-state index is 9.96. The fourth-order valence-electron chi connectivity index (χ4n) is 2.16. The van der Waals surface area contributed by atoms with Gasteiger partial charge in [-0.3, -0.25) is 4.90 Å². The molecule has 2 aliphatic rings. The molecule has 17 heavy (non-hydrogen) atoms. The number of nitrogens with zero attached hydrogens (tertiary/aromatic N) is 1. The van der Waals surface area contributed by atoms with Crippen molar-refractivity contribution in [2.24, 2.45) is 5.92 Å². The Hall–Kier alpha value is -0.680. The number of ether oxygens (including phenoxy) is 1. The highest BCUT2D eigenvalue weighted by atomic mass is 16.6. The van der Waals surface area contributed by atoms with Gasteiger partial charge >= 0.3 is 0 Å². The summed E-state index contributed by atoms with van der Waals surface area (Å²) < 4.78 is 5.55. The minimum atomic E-state index is -0.755. The van der Waals surface area contributed by atoms with E-state index in [-0.39, 0.29) is 0 Å². The first-order chi connectivity index (χ1) is 8.36. The Balaban J connectivity index is 1.70. The molecule has 0 aromatic heterocycles. The van der Waals surface area contributed by atoms with Crippen molar-refractivity contribution < 1.29 is 9.84 Å². The third kappa shape index (κ3) is 4.24. The van der Waals surface area contributed by atoms with Crippen LogP contribution in [0.25, 0.3) is 0 Å². The molecule has 2 unspecified atom stereocenters. The molecule has 1 aliphatic carbocycles. The van der Waals surface area contributed by atoms with Gasteiger partial charge in [-0.05, 0) is 19.4 Å². The van der Waals surface area contributed by atoms with E-state index in [0.717, 1.165) is 39.0 Å². The second-order valence-corrected chi connectivity index (χ2v) is 4.61. The molecule has 1 heterocycles. The van der Waals surface area contributed by atoms with Crippen LogP contribution < -0.4 is 5.32 Å². The lowest BCUT2D eigenvalue weighted by Gasteiger charge is -2.27. The topological polar surface area (TPSA) is 44.7 Å². The largest absolute Gasteiger partial charge is 0.356 e. The molecule has 2 atom stereocenters. The summed E-state index contributed by atoms with van der Waals surface area (Å²) in [6.45, 7) is 4.29. The van der Waals surface area contributed by atoms with Crippen molar-refractivity contribution in [1.29, 1.82) is 0 Å². The maximum absolute atomic E-state index is 9.96. The zero-order valence-electron chi connectivity index (χ0n) is 10.2. The van der Waals surface area contributed by atoms with E-state index in [2.05, 4.69) is 17.5 Å². The first-order valence-corrected chi connectivity index (χ1v) is 6.44. The minimum absolute atomic E-state index is 0.403. The molecule has 0 bridgehead atoms. The van der Waals surface area contributed by atoms with E-state index in [0.29, 0.717) is 12.5 Å². The summed E-state index contributed by atoms with van der Waals surface area (Å²) in [4.78, 5) is 1.99. The number of rotatable bonds is 4. The minimum Gasteiger partial charge on any atom is -0.356 e. The first kappa shape index (κ1) is 12.8. The first-order valence-electron chi connectivity index (χ1n) is 6.44. The second-order valence-electron chi connectivity index (χ2n) is 4.61. The van der Waals surface area contributed by atoms with Crippen LogP contribution in [0.2, 0.25) is 0 Å². The van der Waals surface area contributed by atoms with Crippen molar-refractivity contribution in [1.82, 2.24) is 10.2 Å². The Bertz CT molecular complexity index is 271. The standard InChI is InChI=1S/C13H22N2O2/c16-13(15-9-4-7-14-8-10-15)17-11-12-5-2-1-3-6-12/h1-3,5,12-14,16H,4,6-11H2. The molecule has 96 valence electrons. The van der Waals surface area contributed by atoms with Crippen molar-refractivity contribution >= 4 is 0 Å². The van der Waals surface area contributed by atoms with Gasteiger partial charge in [-0.15, -0.1) is 0 Å². The van der Waals surface area contributed by atoms with Crippen molar-refractivity contribution in [3.8, 4) is 0 Å². The molecule has 4 nitrogen and oxygen atoms in total. The van der Waals surface area contributed by atoms with Crippen molar-refractivity contribution in [2.75, 3.05) is 32.8 Å². The molecular weight excluding hydrogens is 216 g/mol. The van der Waals surface area contributed by atoms with Crippen LogP contribution >= 0.6 is 0 Å². The Labute approximate surface area is 103 Å². The second kappa shape index (κ2) is 6.91. The van der Waals surface area contributed by atoms with Crippen LogP contribution in [-0.4, -0.2) is 49.2 Å². The van der Waals surface area contributed by atoms with Crippen LogP contribution in [0.3, 0.4) is 0 Å². The average molecular weight is 238 g/mol. The Kier molecular flexibility index (Phi) is 5.19. The number of hydrogen-bond donors (Lipinski definition) is 2. The van der Waals surface area contributed by atoms with E-state index in [4.69, 9.17) is 4.74 Å². The number of hydrogen-bond acceptors (Lipinski definition) is 4. The van der Waals surface area contributed by atoms with Gasteiger partial charge in [0.05, 0.1) is 6.61 Å². The van der Waals surface area contributed by atoms with E-state index in [1.807, 2.05) is 17.1 Å². The molecule has 1 aliphatic heterocycles. The SMILES string of the molecule is OC(OCC1C=CC=CC1)N1CCCNCC1. The van der Waals surface area contributed by atoms with Gasteiger partial charge in [0.15, 0.2) is 0 Å². The third-order valence-corrected chi connectivity index (χ3v) is 3.22. The van der Waals surface area contributed by atoms with Crippen LogP contribution in [-0.2, 0) is 4.74 Å². The zero-order valence-corrected chi connectivity index (χ0v) is 10.2. The summed E-state index contributed by atoms with van der Waals surface area (Å²) in [7, 11) is 0. The van der Waals surface area contributed by atoms with Gasteiger partial charge in [-0.2, -0.15) is 0 Å². The predicted octanol–water partition coefficient (Wildman–Crippen LogP) is 0.706. The molecule has 0 spiro atoms. The molecule has 0 aromatic carbocycles. The lowest BCUT2D eigenvalue weighted by Crippen LogP contribution is -2.40. The zero-order chi connectivity index (χ0) is 11.9. The van der Waals surface area contributed by atoms with E-state index in [1.165, 1.54) is 0 Å². The summed E-state index contributed by atoms with van der Waals surface area (Å²) in [5, 5.41) is 13.3. The van der Waals surface area contributed by atoms with E-state index < -0.39 is 6.41 Å². The third-order valence-electron chi connectivity index (χ3n) is 3.22. The molecule has 0 amide bonds. The van der Waals surface area contributed by atoms with Crippen LogP contribution in [0.5, 0.6) is 0 Å². The van der Waals surface area contributed by atoms with Gasteiger partial charge in [0, 0.05) is 25.6 Å².